The van der Waals surface area contributed by atoms with E-state index in [1.807, 2.05) is 12.5 Å². The van der Waals surface area contributed by atoms with Crippen molar-refractivity contribution in [1.82, 2.24) is 5.32 Å². The third-order valence-corrected chi connectivity index (χ3v) is 1.55. The van der Waals surface area contributed by atoms with E-state index in [2.05, 4.69) is 10.1 Å². The number of methoxy groups -OCH3 is 1. The van der Waals surface area contributed by atoms with Crippen molar-refractivity contribution in [2.24, 2.45) is 0 Å². The van der Waals surface area contributed by atoms with E-state index in [1.165, 1.54) is 7.11 Å². The fourth-order valence-electron chi connectivity index (χ4n) is 1.03. The molecule has 1 unspecified atom stereocenters. The molecule has 0 aromatic rings. The molecule has 72 valence electrons. The Morgan fingerprint density at radius 3 is 2.50 bits per heavy atom. The van der Waals surface area contributed by atoms with Gasteiger partial charge in [0.2, 0.25) is 0 Å². The molecule has 1 atom stereocenters. The van der Waals surface area contributed by atoms with Crippen molar-refractivity contribution in [3.05, 3.63) is 0 Å². The molecule has 4 heteroatoms. The Balaban J connectivity index is 0.000000354. The Hall–Kier alpha value is -0.220. The molecule has 0 spiro atoms. The number of rotatable bonds is 1. The van der Waals surface area contributed by atoms with Gasteiger partial charge < -0.3 is 10.1 Å². The average Bonchev–Trinajstić information content (AvgIpc) is 2.56. The summed E-state index contributed by atoms with van der Waals surface area (Å²) >= 11 is 1.75. The number of hydrogen-bond acceptors (Lipinski definition) is 4. The van der Waals surface area contributed by atoms with Gasteiger partial charge in [-0.2, -0.15) is 11.8 Å². The molecule has 0 aromatic heterocycles. The number of carbonyl (C=O) groups excluding carboxylic acids is 1. The Labute approximate surface area is 78.2 Å². The van der Waals surface area contributed by atoms with Crippen LogP contribution in [0.4, 0.5) is 0 Å². The zero-order chi connectivity index (χ0) is 9.40. The average molecular weight is 191 g/mol. The first-order valence-corrected chi connectivity index (χ1v) is 5.61. The minimum absolute atomic E-state index is 0.0324. The van der Waals surface area contributed by atoms with Crippen LogP contribution in [0.3, 0.4) is 0 Å². The lowest BCUT2D eigenvalue weighted by atomic mass is 10.2. The van der Waals surface area contributed by atoms with Crippen LogP contribution in [-0.2, 0) is 9.53 Å². The maximum absolute atomic E-state index is 10.7. The van der Waals surface area contributed by atoms with E-state index in [4.69, 9.17) is 0 Å². The van der Waals surface area contributed by atoms with E-state index in [0.717, 1.165) is 19.4 Å². The lowest BCUT2D eigenvalue weighted by molar-refractivity contribution is -0.142. The molecular weight excluding hydrogens is 174 g/mol. The van der Waals surface area contributed by atoms with E-state index in [-0.39, 0.29) is 12.0 Å². The molecule has 0 radical (unpaired) electrons. The third-order valence-electron chi connectivity index (χ3n) is 1.55. The SMILES string of the molecule is COC(=O)C1CCCN1.CSC. The van der Waals surface area contributed by atoms with Crippen molar-refractivity contribution >= 4 is 17.7 Å². The molecule has 3 nitrogen and oxygen atoms in total. The van der Waals surface area contributed by atoms with Gasteiger partial charge in [-0.3, -0.25) is 4.79 Å². The predicted octanol–water partition coefficient (Wildman–Crippen LogP) is 0.891. The van der Waals surface area contributed by atoms with Crippen LogP contribution in [0, 0.1) is 0 Å². The summed E-state index contributed by atoms with van der Waals surface area (Å²) in [7, 11) is 1.42. The standard InChI is InChI=1S/C6H11NO2.C2H6S/c1-9-6(8)5-3-2-4-7-5;1-3-2/h5,7H,2-4H2,1H3;1-2H3. The number of carbonyl (C=O) groups is 1. The first kappa shape index (κ1) is 11.8. The predicted molar refractivity (Wildman–Crippen MR) is 52.5 cm³/mol. The van der Waals surface area contributed by atoms with Crippen molar-refractivity contribution in [1.29, 1.82) is 0 Å². The van der Waals surface area contributed by atoms with Crippen LogP contribution in [0.1, 0.15) is 12.8 Å². The highest BCUT2D eigenvalue weighted by molar-refractivity contribution is 7.97. The van der Waals surface area contributed by atoms with Gasteiger partial charge in [0.1, 0.15) is 6.04 Å². The molecule has 1 heterocycles. The summed E-state index contributed by atoms with van der Waals surface area (Å²) in [5.74, 6) is -0.132. The molecule has 0 amide bonds. The van der Waals surface area contributed by atoms with E-state index in [0.29, 0.717) is 0 Å². The maximum atomic E-state index is 10.7. The van der Waals surface area contributed by atoms with Gasteiger partial charge in [-0.1, -0.05) is 0 Å². The zero-order valence-corrected chi connectivity index (χ0v) is 8.74. The van der Waals surface area contributed by atoms with Crippen LogP contribution in [0.5, 0.6) is 0 Å². The van der Waals surface area contributed by atoms with Crippen LogP contribution >= 0.6 is 11.8 Å². The second-order valence-corrected chi connectivity index (χ2v) is 3.40. The highest BCUT2D eigenvalue weighted by Gasteiger charge is 2.21. The fraction of sp³-hybridized carbons (Fsp3) is 0.875. The Kier molecular flexibility index (Phi) is 7.29. The van der Waals surface area contributed by atoms with Gasteiger partial charge in [-0.25, -0.2) is 0 Å². The van der Waals surface area contributed by atoms with Crippen LogP contribution < -0.4 is 5.32 Å². The zero-order valence-electron chi connectivity index (χ0n) is 7.92. The van der Waals surface area contributed by atoms with Crippen LogP contribution in [-0.4, -0.2) is 38.2 Å². The fourth-order valence-corrected chi connectivity index (χ4v) is 1.03. The second kappa shape index (κ2) is 7.43. The minimum atomic E-state index is -0.132. The number of nitrogens with one attached hydrogen (secondary N) is 1. The smallest absolute Gasteiger partial charge is 0.322 e. The van der Waals surface area contributed by atoms with Crippen molar-refractivity contribution in [2.45, 2.75) is 18.9 Å². The van der Waals surface area contributed by atoms with Gasteiger partial charge >= 0.3 is 5.97 Å². The van der Waals surface area contributed by atoms with E-state index in [9.17, 15) is 4.79 Å². The highest BCUT2D eigenvalue weighted by atomic mass is 32.2. The first-order valence-electron chi connectivity index (χ1n) is 3.97. The normalized spacial score (nSPS) is 21.1. The van der Waals surface area contributed by atoms with Crippen molar-refractivity contribution in [3.8, 4) is 0 Å². The Morgan fingerprint density at radius 1 is 1.58 bits per heavy atom. The van der Waals surface area contributed by atoms with Crippen LogP contribution in [0.15, 0.2) is 0 Å². The summed E-state index contributed by atoms with van der Waals surface area (Å²) in [5.41, 5.74) is 0. The van der Waals surface area contributed by atoms with Gasteiger partial charge in [0.05, 0.1) is 7.11 Å². The van der Waals surface area contributed by atoms with E-state index >= 15 is 0 Å². The number of thioether (sulfide) groups is 1. The quantitative estimate of drug-likeness (QED) is 0.625. The number of hydrogen-bond donors (Lipinski definition) is 1. The topological polar surface area (TPSA) is 38.3 Å². The summed E-state index contributed by atoms with van der Waals surface area (Å²) in [4.78, 5) is 10.7. The lowest BCUT2D eigenvalue weighted by Gasteiger charge is -2.04. The largest absolute Gasteiger partial charge is 0.468 e. The maximum Gasteiger partial charge on any atom is 0.322 e. The molecule has 1 fully saturated rings. The molecule has 0 aromatic carbocycles. The molecule has 0 aliphatic carbocycles. The van der Waals surface area contributed by atoms with Crippen molar-refractivity contribution < 1.29 is 9.53 Å². The summed E-state index contributed by atoms with van der Waals surface area (Å²) < 4.78 is 4.53. The molecule has 1 N–H and O–H groups in total. The first-order chi connectivity index (χ1) is 5.76. The van der Waals surface area contributed by atoms with Gasteiger partial charge in [0.25, 0.3) is 0 Å². The molecule has 1 aliphatic rings. The molecule has 1 saturated heterocycles. The van der Waals surface area contributed by atoms with Gasteiger partial charge in [-0.05, 0) is 31.9 Å². The lowest BCUT2D eigenvalue weighted by Crippen LogP contribution is -2.31. The molecule has 1 rings (SSSR count). The Morgan fingerprint density at radius 2 is 2.17 bits per heavy atom. The number of ether oxygens (including phenoxy) is 1. The van der Waals surface area contributed by atoms with Gasteiger partial charge in [0.15, 0.2) is 0 Å². The summed E-state index contributed by atoms with van der Waals surface area (Å²) in [5, 5.41) is 3.03. The van der Waals surface area contributed by atoms with Crippen LogP contribution in [0.2, 0.25) is 0 Å². The summed E-state index contributed by atoms with van der Waals surface area (Å²) in [6.45, 7) is 0.944. The summed E-state index contributed by atoms with van der Waals surface area (Å²) in [6, 6.07) is -0.0324. The van der Waals surface area contributed by atoms with Crippen molar-refractivity contribution in [3.63, 3.8) is 0 Å². The molecule has 0 bridgehead atoms. The van der Waals surface area contributed by atoms with Gasteiger partial charge in [-0.15, -0.1) is 0 Å². The molecule has 12 heavy (non-hydrogen) atoms. The highest BCUT2D eigenvalue weighted by Crippen LogP contribution is 2.05. The third kappa shape index (κ3) is 4.62. The Bertz CT molecular complexity index is 124. The summed E-state index contributed by atoms with van der Waals surface area (Å²) in [6.07, 6.45) is 6.09. The van der Waals surface area contributed by atoms with Gasteiger partial charge in [0, 0.05) is 0 Å². The monoisotopic (exact) mass is 191 g/mol. The second-order valence-electron chi connectivity index (χ2n) is 2.58. The molecule has 0 saturated carbocycles. The van der Waals surface area contributed by atoms with Crippen molar-refractivity contribution in [2.75, 3.05) is 26.2 Å². The minimum Gasteiger partial charge on any atom is -0.468 e. The molecular formula is C8H17NO2S. The van der Waals surface area contributed by atoms with E-state index < -0.39 is 0 Å². The number of esters is 1. The van der Waals surface area contributed by atoms with E-state index in [1.54, 1.807) is 11.8 Å². The van der Waals surface area contributed by atoms with Crippen LogP contribution in [0.25, 0.3) is 0 Å². The molecule has 1 aliphatic heterocycles.